The number of aromatic hydroxyl groups is 2. The standard InChI is InChI=1S/C18H24O6/c1-4-12-13(10-17(22-2)24-18(12)23-3)14(19)7-5-11-6-8-15(20)16(21)9-11/h4,6,8-9,13,17-18,20-21H,5,7,10H2,1-3H3/b12-4-/t13-,17-,18-/m0/s1. The van der Waals surface area contributed by atoms with Gasteiger partial charge in [0.05, 0.1) is 0 Å². The number of ketones is 1. The second kappa shape index (κ2) is 8.28. The van der Waals surface area contributed by atoms with Gasteiger partial charge >= 0.3 is 0 Å². The highest BCUT2D eigenvalue weighted by atomic mass is 16.8. The molecule has 0 radical (unpaired) electrons. The van der Waals surface area contributed by atoms with E-state index in [9.17, 15) is 15.0 Å². The molecule has 0 unspecified atom stereocenters. The van der Waals surface area contributed by atoms with Crippen LogP contribution in [0.3, 0.4) is 0 Å². The molecule has 1 aliphatic heterocycles. The summed E-state index contributed by atoms with van der Waals surface area (Å²) in [5, 5.41) is 18.9. The molecule has 1 aromatic rings. The Morgan fingerprint density at radius 3 is 2.62 bits per heavy atom. The fourth-order valence-corrected chi connectivity index (χ4v) is 2.93. The maximum atomic E-state index is 12.7. The molecular weight excluding hydrogens is 312 g/mol. The first-order valence-corrected chi connectivity index (χ1v) is 7.90. The summed E-state index contributed by atoms with van der Waals surface area (Å²) >= 11 is 0. The Kier molecular flexibility index (Phi) is 6.36. The number of hydrogen-bond donors (Lipinski definition) is 2. The fraction of sp³-hybridized carbons (Fsp3) is 0.500. The number of phenols is 2. The number of hydrogen-bond acceptors (Lipinski definition) is 6. The van der Waals surface area contributed by atoms with Crippen LogP contribution in [0.25, 0.3) is 0 Å². The van der Waals surface area contributed by atoms with Crippen molar-refractivity contribution < 1.29 is 29.2 Å². The molecule has 2 N–H and O–H groups in total. The monoisotopic (exact) mass is 336 g/mol. The summed E-state index contributed by atoms with van der Waals surface area (Å²) in [7, 11) is 3.08. The summed E-state index contributed by atoms with van der Waals surface area (Å²) in [5.41, 5.74) is 1.60. The fourth-order valence-electron chi connectivity index (χ4n) is 2.93. The first-order valence-electron chi connectivity index (χ1n) is 7.90. The summed E-state index contributed by atoms with van der Waals surface area (Å²) < 4.78 is 16.2. The predicted molar refractivity (Wildman–Crippen MR) is 87.6 cm³/mol. The van der Waals surface area contributed by atoms with Crippen LogP contribution in [0, 0.1) is 5.92 Å². The van der Waals surface area contributed by atoms with E-state index in [2.05, 4.69) is 0 Å². The molecule has 0 spiro atoms. The number of ether oxygens (including phenoxy) is 3. The van der Waals surface area contributed by atoms with Gasteiger partial charge in [-0.05, 0) is 36.6 Å². The van der Waals surface area contributed by atoms with Crippen molar-refractivity contribution in [2.75, 3.05) is 14.2 Å². The molecule has 0 bridgehead atoms. The largest absolute Gasteiger partial charge is 0.504 e. The third kappa shape index (κ3) is 4.14. The quantitative estimate of drug-likeness (QED) is 0.613. The van der Waals surface area contributed by atoms with Gasteiger partial charge in [0.1, 0.15) is 5.78 Å². The van der Waals surface area contributed by atoms with Crippen molar-refractivity contribution in [2.45, 2.75) is 38.8 Å². The van der Waals surface area contributed by atoms with Crippen LogP contribution in [0.15, 0.2) is 29.8 Å². The minimum Gasteiger partial charge on any atom is -0.504 e. The summed E-state index contributed by atoms with van der Waals surface area (Å²) in [6.45, 7) is 1.86. The molecule has 0 aromatic heterocycles. The van der Waals surface area contributed by atoms with Gasteiger partial charge in [0.15, 0.2) is 24.1 Å². The van der Waals surface area contributed by atoms with Gasteiger partial charge in [-0.15, -0.1) is 0 Å². The van der Waals surface area contributed by atoms with Crippen molar-refractivity contribution in [3.63, 3.8) is 0 Å². The van der Waals surface area contributed by atoms with E-state index in [0.29, 0.717) is 19.3 Å². The average molecular weight is 336 g/mol. The molecule has 2 rings (SSSR count). The van der Waals surface area contributed by atoms with Gasteiger partial charge in [0, 0.05) is 33.0 Å². The van der Waals surface area contributed by atoms with Gasteiger partial charge in [0.25, 0.3) is 0 Å². The number of phenolic OH excluding ortho intramolecular Hbond substituents is 2. The Balaban J connectivity index is 2.06. The third-order valence-corrected chi connectivity index (χ3v) is 4.28. The summed E-state index contributed by atoms with van der Waals surface area (Å²) in [6, 6.07) is 4.58. The second-order valence-electron chi connectivity index (χ2n) is 5.74. The van der Waals surface area contributed by atoms with Crippen LogP contribution in [-0.2, 0) is 25.4 Å². The van der Waals surface area contributed by atoms with Gasteiger partial charge in [-0.3, -0.25) is 4.79 Å². The molecule has 0 saturated carbocycles. The highest BCUT2D eigenvalue weighted by Gasteiger charge is 2.37. The second-order valence-corrected chi connectivity index (χ2v) is 5.74. The number of benzene rings is 1. The van der Waals surface area contributed by atoms with Crippen molar-refractivity contribution in [1.82, 2.24) is 0 Å². The zero-order valence-electron chi connectivity index (χ0n) is 14.2. The van der Waals surface area contributed by atoms with E-state index < -0.39 is 12.6 Å². The first-order chi connectivity index (χ1) is 11.5. The Morgan fingerprint density at radius 2 is 2.04 bits per heavy atom. The molecule has 24 heavy (non-hydrogen) atoms. The van der Waals surface area contributed by atoms with Crippen molar-refractivity contribution in [3.05, 3.63) is 35.4 Å². The lowest BCUT2D eigenvalue weighted by Crippen LogP contribution is -2.40. The number of carbonyl (C=O) groups excluding carboxylic acids is 1. The van der Waals surface area contributed by atoms with Crippen LogP contribution < -0.4 is 0 Å². The van der Waals surface area contributed by atoms with Crippen LogP contribution in [-0.4, -0.2) is 42.8 Å². The number of aryl methyl sites for hydroxylation is 1. The van der Waals surface area contributed by atoms with Gasteiger partial charge in [-0.25, -0.2) is 0 Å². The first kappa shape index (κ1) is 18.4. The van der Waals surface area contributed by atoms with Crippen molar-refractivity contribution in [1.29, 1.82) is 0 Å². The van der Waals surface area contributed by atoms with Crippen molar-refractivity contribution in [2.24, 2.45) is 5.92 Å². The van der Waals surface area contributed by atoms with Gasteiger partial charge in [0.2, 0.25) is 0 Å². The number of allylic oxidation sites excluding steroid dienone is 1. The zero-order valence-corrected chi connectivity index (χ0v) is 14.2. The molecule has 1 heterocycles. The molecule has 132 valence electrons. The van der Waals surface area contributed by atoms with E-state index in [0.717, 1.165) is 11.1 Å². The highest BCUT2D eigenvalue weighted by Crippen LogP contribution is 2.33. The number of rotatable bonds is 6. The molecule has 0 amide bonds. The maximum absolute atomic E-state index is 12.7. The van der Waals surface area contributed by atoms with Crippen LogP contribution in [0.5, 0.6) is 11.5 Å². The summed E-state index contributed by atoms with van der Waals surface area (Å²) in [4.78, 5) is 12.7. The van der Waals surface area contributed by atoms with Gasteiger partial charge < -0.3 is 24.4 Å². The molecule has 6 nitrogen and oxygen atoms in total. The molecule has 1 fully saturated rings. The molecule has 1 saturated heterocycles. The van der Waals surface area contributed by atoms with E-state index >= 15 is 0 Å². The normalized spacial score (nSPS) is 25.8. The lowest BCUT2D eigenvalue weighted by Gasteiger charge is -2.35. The lowest BCUT2D eigenvalue weighted by atomic mass is 9.85. The van der Waals surface area contributed by atoms with Crippen LogP contribution in [0.4, 0.5) is 0 Å². The molecule has 0 aliphatic carbocycles. The van der Waals surface area contributed by atoms with E-state index in [1.807, 2.05) is 13.0 Å². The molecule has 1 aliphatic rings. The third-order valence-electron chi connectivity index (χ3n) is 4.28. The smallest absolute Gasteiger partial charge is 0.183 e. The predicted octanol–water partition coefficient (Wildman–Crippen LogP) is 2.53. The van der Waals surface area contributed by atoms with Gasteiger partial charge in [-0.1, -0.05) is 12.1 Å². The van der Waals surface area contributed by atoms with Gasteiger partial charge in [-0.2, -0.15) is 0 Å². The summed E-state index contributed by atoms with van der Waals surface area (Å²) in [6.07, 6.45) is 2.05. The Labute approximate surface area is 141 Å². The van der Waals surface area contributed by atoms with Crippen molar-refractivity contribution >= 4 is 5.78 Å². The number of carbonyl (C=O) groups is 1. The highest BCUT2D eigenvalue weighted by molar-refractivity contribution is 5.84. The van der Waals surface area contributed by atoms with E-state index in [1.165, 1.54) is 19.2 Å². The van der Waals surface area contributed by atoms with E-state index in [-0.39, 0.29) is 23.2 Å². The lowest BCUT2D eigenvalue weighted by molar-refractivity contribution is -0.237. The molecular formula is C18H24O6. The number of methoxy groups -OCH3 is 2. The summed E-state index contributed by atoms with van der Waals surface area (Å²) in [5.74, 6) is -0.594. The van der Waals surface area contributed by atoms with E-state index in [1.54, 1.807) is 13.2 Å². The molecule has 3 atom stereocenters. The minimum atomic E-state index is -0.583. The molecule has 1 aromatic carbocycles. The number of Topliss-reactive ketones (excluding diaryl/α,β-unsaturated/α-hetero) is 1. The average Bonchev–Trinajstić information content (AvgIpc) is 2.60. The minimum absolute atomic E-state index is 0.0723. The Hall–Kier alpha value is -1.89. The van der Waals surface area contributed by atoms with E-state index in [4.69, 9.17) is 14.2 Å². The Bertz CT molecular complexity index is 610. The van der Waals surface area contributed by atoms with Crippen LogP contribution in [0.1, 0.15) is 25.3 Å². The molecule has 6 heteroatoms. The maximum Gasteiger partial charge on any atom is 0.183 e. The van der Waals surface area contributed by atoms with Crippen molar-refractivity contribution in [3.8, 4) is 11.5 Å². The Morgan fingerprint density at radius 1 is 1.29 bits per heavy atom. The van der Waals surface area contributed by atoms with Crippen LogP contribution in [0.2, 0.25) is 0 Å². The SMILES string of the molecule is C/C=C1\[C@@H](OC)O[C@H](OC)C[C@@H]1C(=O)CCc1ccc(O)c(O)c1. The topological polar surface area (TPSA) is 85.2 Å². The van der Waals surface area contributed by atoms with Crippen LogP contribution >= 0.6 is 0 Å². The zero-order chi connectivity index (χ0) is 17.7.